The Bertz CT molecular complexity index is 2980. The molecule has 0 spiro atoms. The van der Waals surface area contributed by atoms with Gasteiger partial charge < -0.3 is 9.80 Å². The maximum absolute atomic E-state index is 16.4. The molecule has 2 atom stereocenters. The Labute approximate surface area is 512 Å². The molecule has 2 aliphatic carbocycles. The maximum atomic E-state index is 16.4. The van der Waals surface area contributed by atoms with Crippen LogP contribution in [0.4, 0.5) is 0 Å². The molecule has 2 aromatic carbocycles. The van der Waals surface area contributed by atoms with Crippen LogP contribution in [0.15, 0.2) is 83.0 Å². The number of amides is 2. The SMILES string of the molecule is CCCCCCCCCCC(CCCCCCCC)CN1C(=O)C2=C(c3cc4c(s3)-c3ccccc3C4=C(C#N)C#N)N(CC(CCCCCCCC)CCCCCCCCCC)C(=O)C2=C1c1cc2c(s1)-c1ccccc1C2=C(C#N)C#N. The van der Waals surface area contributed by atoms with Gasteiger partial charge in [0.05, 0.1) is 32.3 Å². The lowest BCUT2D eigenvalue weighted by Crippen LogP contribution is -2.34. The van der Waals surface area contributed by atoms with Crippen LogP contribution in [0.1, 0.15) is 265 Å². The summed E-state index contributed by atoms with van der Waals surface area (Å²) in [6.45, 7) is 10.0. The molecule has 2 amide bonds. The van der Waals surface area contributed by atoms with E-state index < -0.39 is 0 Å². The minimum absolute atomic E-state index is 0.0440. The Morgan fingerprint density at radius 1 is 0.393 bits per heavy atom. The molecule has 0 bridgehead atoms. The number of benzene rings is 2. The molecule has 8 nitrogen and oxygen atoms in total. The van der Waals surface area contributed by atoms with E-state index in [1.54, 1.807) is 22.7 Å². The smallest absolute Gasteiger partial charge is 0.261 e. The molecule has 2 aromatic heterocycles. The number of rotatable bonds is 38. The third-order valence-corrected chi connectivity index (χ3v) is 20.6. The van der Waals surface area contributed by atoms with E-state index in [0.29, 0.717) is 46.8 Å². The van der Waals surface area contributed by atoms with Crippen LogP contribution in [0, 0.1) is 57.2 Å². The number of carbonyl (C=O) groups is 2. The van der Waals surface area contributed by atoms with Gasteiger partial charge in [-0.2, -0.15) is 21.0 Å². The lowest BCUT2D eigenvalue weighted by molar-refractivity contribution is -0.124. The molecule has 10 heteroatoms. The van der Waals surface area contributed by atoms with Gasteiger partial charge >= 0.3 is 0 Å². The third kappa shape index (κ3) is 15.0. The van der Waals surface area contributed by atoms with Gasteiger partial charge in [0.15, 0.2) is 0 Å². The zero-order valence-corrected chi connectivity index (χ0v) is 52.9. The lowest BCUT2D eigenvalue weighted by Gasteiger charge is -2.29. The Morgan fingerprint density at radius 3 is 0.952 bits per heavy atom. The first-order chi connectivity index (χ1) is 41.3. The molecular formula is C74H92N6O2S2. The number of fused-ring (bicyclic) bond motifs is 7. The molecule has 2 aliphatic heterocycles. The van der Waals surface area contributed by atoms with E-state index in [9.17, 15) is 21.0 Å². The van der Waals surface area contributed by atoms with Crippen molar-refractivity contribution in [2.45, 2.75) is 233 Å². The fourth-order valence-electron chi connectivity index (χ4n) is 13.7. The van der Waals surface area contributed by atoms with Crippen LogP contribution in [0.5, 0.6) is 0 Å². The molecule has 442 valence electrons. The van der Waals surface area contributed by atoms with Crippen molar-refractivity contribution in [1.29, 1.82) is 21.0 Å². The van der Waals surface area contributed by atoms with Crippen LogP contribution in [0.3, 0.4) is 0 Å². The number of hydrogen-bond donors (Lipinski definition) is 0. The third-order valence-electron chi connectivity index (χ3n) is 18.2. The average Bonchev–Trinajstić information content (AvgIpc) is 1.69. The normalized spacial score (nSPS) is 14.6. The summed E-state index contributed by atoms with van der Waals surface area (Å²) in [5.74, 6) is 0.138. The highest BCUT2D eigenvalue weighted by Crippen LogP contribution is 2.57. The second-order valence-electron chi connectivity index (χ2n) is 24.4. The summed E-state index contributed by atoms with van der Waals surface area (Å²) in [5.41, 5.74) is 8.66. The van der Waals surface area contributed by atoms with E-state index in [1.165, 1.54) is 128 Å². The first-order valence-corrected chi connectivity index (χ1v) is 34.6. The minimum Gasteiger partial charge on any atom is -0.306 e. The monoisotopic (exact) mass is 1160 g/mol. The van der Waals surface area contributed by atoms with Crippen molar-refractivity contribution in [3.8, 4) is 45.2 Å². The number of nitrogens with zero attached hydrogens (tertiary/aromatic N) is 6. The van der Waals surface area contributed by atoms with E-state index in [4.69, 9.17) is 0 Å². The number of carbonyl (C=O) groups excluding carboxylic acids is 2. The van der Waals surface area contributed by atoms with Gasteiger partial charge in [-0.1, -0.05) is 256 Å². The standard InChI is InChI=1S/C74H92N6O2S2/c1-5-9-13-17-21-23-27-31-39-53(37-29-25-19-15-11-7-3)51-79-69(63-45-61-65(55(47-75)48-76)57-41-33-35-43-59(57)71(61)83-63)67-68(73(79)81)70(64-46-62-66(56(49-77)50-78)58-42-34-36-44-60(58)72(62)84-64)80(74(67)82)52-54(38-30-26-20-16-12-8-4)40-32-28-24-22-18-14-10-6-2/h33-36,41-46,53-54H,5-32,37-40,51-52H2,1-4H3. The molecule has 4 heterocycles. The van der Waals surface area contributed by atoms with E-state index in [1.807, 2.05) is 58.3 Å². The first-order valence-electron chi connectivity index (χ1n) is 33.0. The van der Waals surface area contributed by atoms with Gasteiger partial charge in [-0.05, 0) is 60.8 Å². The van der Waals surface area contributed by atoms with Gasteiger partial charge in [0, 0.05) is 56.2 Å². The number of nitriles is 4. The molecule has 0 N–H and O–H groups in total. The predicted octanol–water partition coefficient (Wildman–Crippen LogP) is 21.1. The summed E-state index contributed by atoms with van der Waals surface area (Å²) < 4.78 is 0. The van der Waals surface area contributed by atoms with Crippen molar-refractivity contribution in [3.05, 3.63) is 115 Å². The molecule has 4 aromatic rings. The first kappa shape index (κ1) is 63.7. The molecule has 0 radical (unpaired) electrons. The van der Waals surface area contributed by atoms with E-state index in [-0.39, 0.29) is 34.8 Å². The van der Waals surface area contributed by atoms with Crippen molar-refractivity contribution < 1.29 is 9.59 Å². The van der Waals surface area contributed by atoms with Gasteiger partial charge in [0.1, 0.15) is 35.4 Å². The van der Waals surface area contributed by atoms with Crippen LogP contribution in [-0.4, -0.2) is 34.7 Å². The van der Waals surface area contributed by atoms with Crippen LogP contribution in [0.2, 0.25) is 0 Å². The van der Waals surface area contributed by atoms with Crippen LogP contribution in [-0.2, 0) is 9.59 Å². The molecule has 2 unspecified atom stereocenters. The number of unbranched alkanes of at least 4 members (excludes halogenated alkanes) is 24. The Morgan fingerprint density at radius 2 is 0.667 bits per heavy atom. The van der Waals surface area contributed by atoms with Crippen molar-refractivity contribution >= 4 is 57.0 Å². The second kappa shape index (κ2) is 32.8. The topological polar surface area (TPSA) is 136 Å². The van der Waals surface area contributed by atoms with Gasteiger partial charge in [-0.15, -0.1) is 22.7 Å². The maximum Gasteiger partial charge on any atom is 0.261 e. The summed E-state index contributed by atoms with van der Waals surface area (Å²) in [6, 6.07) is 28.9. The second-order valence-corrected chi connectivity index (χ2v) is 26.5. The van der Waals surface area contributed by atoms with Crippen LogP contribution >= 0.6 is 22.7 Å². The highest BCUT2D eigenvalue weighted by atomic mass is 32.1. The van der Waals surface area contributed by atoms with Crippen molar-refractivity contribution in [2.75, 3.05) is 13.1 Å². The van der Waals surface area contributed by atoms with Gasteiger partial charge in [-0.25, -0.2) is 0 Å². The zero-order chi connectivity index (χ0) is 59.2. The summed E-state index contributed by atoms with van der Waals surface area (Å²) in [5, 5.41) is 41.7. The Balaban J connectivity index is 1.27. The fraction of sp³-hybridized carbons (Fsp3) is 0.541. The average molecular weight is 1160 g/mol. The van der Waals surface area contributed by atoms with Crippen molar-refractivity contribution in [1.82, 2.24) is 9.80 Å². The van der Waals surface area contributed by atoms with Crippen LogP contribution < -0.4 is 0 Å². The molecule has 0 saturated carbocycles. The molecule has 4 aliphatic rings. The summed E-state index contributed by atoms with van der Waals surface area (Å²) in [7, 11) is 0. The van der Waals surface area contributed by atoms with Gasteiger partial charge in [0.25, 0.3) is 11.8 Å². The van der Waals surface area contributed by atoms with Gasteiger partial charge in [-0.3, -0.25) is 9.59 Å². The Kier molecular flexibility index (Phi) is 24.9. The summed E-state index contributed by atoms with van der Waals surface area (Å²) >= 11 is 3.12. The Hall–Kier alpha value is -6.30. The number of thiophene rings is 2. The quantitative estimate of drug-likeness (QED) is 0.0280. The molecule has 84 heavy (non-hydrogen) atoms. The molecule has 8 rings (SSSR count). The van der Waals surface area contributed by atoms with E-state index in [0.717, 1.165) is 130 Å². The van der Waals surface area contributed by atoms with E-state index >= 15 is 9.59 Å². The molecular weight excluding hydrogens is 1070 g/mol. The van der Waals surface area contributed by atoms with Crippen molar-refractivity contribution in [3.63, 3.8) is 0 Å². The minimum atomic E-state index is -0.149. The molecule has 0 fully saturated rings. The zero-order valence-electron chi connectivity index (χ0n) is 51.3. The van der Waals surface area contributed by atoms with Gasteiger partial charge in [0.2, 0.25) is 0 Å². The molecule has 0 saturated heterocycles. The fourth-order valence-corrected chi connectivity index (χ4v) is 16.2. The summed E-state index contributed by atoms with van der Waals surface area (Å²) in [6.07, 6.45) is 37.9. The highest BCUT2D eigenvalue weighted by Gasteiger charge is 2.51. The van der Waals surface area contributed by atoms with Crippen LogP contribution in [0.25, 0.3) is 43.4 Å². The largest absolute Gasteiger partial charge is 0.306 e. The highest BCUT2D eigenvalue weighted by molar-refractivity contribution is 7.17. The number of hydrogen-bond acceptors (Lipinski definition) is 8. The van der Waals surface area contributed by atoms with Crippen molar-refractivity contribution in [2.24, 2.45) is 11.8 Å². The summed E-state index contributed by atoms with van der Waals surface area (Å²) in [4.78, 5) is 40.2. The number of allylic oxidation sites excluding steroid dienone is 2. The lowest BCUT2D eigenvalue weighted by atomic mass is 9.93. The predicted molar refractivity (Wildman–Crippen MR) is 349 cm³/mol. The van der Waals surface area contributed by atoms with E-state index in [2.05, 4.69) is 64.1 Å².